The van der Waals surface area contributed by atoms with Crippen LogP contribution in [0.3, 0.4) is 0 Å². The van der Waals surface area contributed by atoms with Gasteiger partial charge in [0, 0.05) is 27.3 Å². The third kappa shape index (κ3) is 2.65. The molecule has 0 fully saturated rings. The topological polar surface area (TPSA) is 35.8 Å². The molecular weight excluding hydrogens is 228 g/mol. The third-order valence-corrected chi connectivity index (χ3v) is 4.05. The molecule has 1 aromatic carbocycles. The summed E-state index contributed by atoms with van der Waals surface area (Å²) in [5.74, 6) is 0. The first kappa shape index (κ1) is 12.1. The second-order valence-corrected chi connectivity index (χ2v) is 6.62. The zero-order chi connectivity index (χ0) is 12.5. The molecule has 3 heteroatoms. The summed E-state index contributed by atoms with van der Waals surface area (Å²) in [5, 5.41) is 12.4. The van der Waals surface area contributed by atoms with Crippen molar-refractivity contribution >= 4 is 17.4 Å². The van der Waals surface area contributed by atoms with Gasteiger partial charge in [0.2, 0.25) is 0 Å². The van der Waals surface area contributed by atoms with Crippen LogP contribution in [-0.4, -0.2) is 4.75 Å². The van der Waals surface area contributed by atoms with Crippen LogP contribution in [-0.2, 0) is 0 Å². The maximum atomic E-state index is 9.04. The fraction of sp³-hybridized carbons (Fsp3) is 0.357. The number of thioether (sulfide) groups is 1. The van der Waals surface area contributed by atoms with Crippen molar-refractivity contribution < 1.29 is 0 Å². The van der Waals surface area contributed by atoms with E-state index in [1.54, 1.807) is 0 Å². The number of hydrogen-bond acceptors (Lipinski definition) is 3. The van der Waals surface area contributed by atoms with E-state index in [4.69, 9.17) is 5.26 Å². The third-order valence-electron chi connectivity index (χ3n) is 2.78. The van der Waals surface area contributed by atoms with E-state index < -0.39 is 0 Å². The van der Waals surface area contributed by atoms with Gasteiger partial charge < -0.3 is 5.32 Å². The molecular formula is C14H16N2S. The Morgan fingerprint density at radius 1 is 1.41 bits per heavy atom. The normalized spacial score (nSPS) is 20.6. The highest BCUT2D eigenvalue weighted by atomic mass is 32.2. The molecule has 2 nitrogen and oxygen atoms in total. The van der Waals surface area contributed by atoms with E-state index in [0.717, 1.165) is 23.4 Å². The van der Waals surface area contributed by atoms with Crippen LogP contribution in [0.5, 0.6) is 0 Å². The van der Waals surface area contributed by atoms with Crippen molar-refractivity contribution in [2.24, 2.45) is 0 Å². The number of allylic oxidation sites excluding steroid dienone is 2. The average molecular weight is 244 g/mol. The summed E-state index contributed by atoms with van der Waals surface area (Å²) in [6.07, 6.45) is 0.881. The van der Waals surface area contributed by atoms with E-state index in [0.29, 0.717) is 0 Å². The maximum Gasteiger partial charge on any atom is 0.0962 e. The van der Waals surface area contributed by atoms with Crippen LogP contribution in [0.4, 0.5) is 5.69 Å². The molecule has 0 aromatic heterocycles. The molecule has 17 heavy (non-hydrogen) atoms. The van der Waals surface area contributed by atoms with Crippen LogP contribution in [0.15, 0.2) is 40.4 Å². The van der Waals surface area contributed by atoms with E-state index in [1.165, 1.54) is 4.90 Å². The molecule has 1 heterocycles. The largest absolute Gasteiger partial charge is 0.357 e. The number of rotatable bonds is 0. The van der Waals surface area contributed by atoms with Crippen molar-refractivity contribution in [1.82, 2.24) is 0 Å². The lowest BCUT2D eigenvalue weighted by molar-refractivity contribution is 0.705. The van der Waals surface area contributed by atoms with Crippen LogP contribution in [0, 0.1) is 11.3 Å². The van der Waals surface area contributed by atoms with E-state index in [-0.39, 0.29) is 4.75 Å². The van der Waals surface area contributed by atoms with Gasteiger partial charge in [-0.2, -0.15) is 5.26 Å². The SMILES string of the molecule is C/C(C#N)=C1/CC(C)(C)Sc2ccccc2N1. The maximum absolute atomic E-state index is 9.04. The quantitative estimate of drug-likeness (QED) is 0.696. The Labute approximate surface area is 107 Å². The summed E-state index contributed by atoms with van der Waals surface area (Å²) in [6, 6.07) is 10.5. The number of hydrogen-bond donors (Lipinski definition) is 1. The summed E-state index contributed by atoms with van der Waals surface area (Å²) in [4.78, 5) is 1.25. The Kier molecular flexibility index (Phi) is 3.17. The molecule has 0 radical (unpaired) electrons. The van der Waals surface area contributed by atoms with Gasteiger partial charge >= 0.3 is 0 Å². The highest BCUT2D eigenvalue weighted by Gasteiger charge is 2.27. The molecule has 2 rings (SSSR count). The van der Waals surface area contributed by atoms with Gasteiger partial charge in [-0.05, 0) is 32.9 Å². The molecule has 88 valence electrons. The van der Waals surface area contributed by atoms with Gasteiger partial charge in [0.05, 0.1) is 11.8 Å². The first-order valence-electron chi connectivity index (χ1n) is 5.67. The summed E-state index contributed by atoms with van der Waals surface area (Å²) in [5.41, 5.74) is 2.91. The monoisotopic (exact) mass is 244 g/mol. The van der Waals surface area contributed by atoms with Gasteiger partial charge in [0.25, 0.3) is 0 Å². The van der Waals surface area contributed by atoms with Gasteiger partial charge in [-0.25, -0.2) is 0 Å². The predicted molar refractivity (Wildman–Crippen MR) is 72.9 cm³/mol. The first-order chi connectivity index (χ1) is 8.02. The van der Waals surface area contributed by atoms with Crippen LogP contribution in [0.1, 0.15) is 27.2 Å². The second-order valence-electron chi connectivity index (χ2n) is 4.88. The molecule has 0 unspecified atom stereocenters. The Balaban J connectivity index is 2.50. The van der Waals surface area contributed by atoms with Crippen molar-refractivity contribution in [3.63, 3.8) is 0 Å². The van der Waals surface area contributed by atoms with Gasteiger partial charge in [-0.1, -0.05) is 12.1 Å². The van der Waals surface area contributed by atoms with Crippen molar-refractivity contribution in [1.29, 1.82) is 5.26 Å². The summed E-state index contributed by atoms with van der Waals surface area (Å²) in [7, 11) is 0. The summed E-state index contributed by atoms with van der Waals surface area (Å²) >= 11 is 1.86. The van der Waals surface area contributed by atoms with Gasteiger partial charge in [-0.3, -0.25) is 0 Å². The zero-order valence-electron chi connectivity index (χ0n) is 10.4. The Morgan fingerprint density at radius 2 is 2.12 bits per heavy atom. The molecule has 0 spiro atoms. The fourth-order valence-corrected chi connectivity index (χ4v) is 3.11. The Hall–Kier alpha value is -1.40. The molecule has 0 bridgehead atoms. The number of anilines is 1. The first-order valence-corrected chi connectivity index (χ1v) is 6.48. The molecule has 1 aliphatic rings. The minimum absolute atomic E-state index is 0.104. The lowest BCUT2D eigenvalue weighted by Gasteiger charge is -2.22. The Morgan fingerprint density at radius 3 is 2.82 bits per heavy atom. The molecule has 0 amide bonds. The van der Waals surface area contributed by atoms with E-state index in [9.17, 15) is 0 Å². The minimum atomic E-state index is 0.104. The summed E-state index contributed by atoms with van der Waals surface area (Å²) < 4.78 is 0.104. The number of nitriles is 1. The smallest absolute Gasteiger partial charge is 0.0962 e. The number of nitrogens with one attached hydrogen (secondary N) is 1. The number of fused-ring (bicyclic) bond motifs is 1. The van der Waals surface area contributed by atoms with Crippen LogP contribution in [0.25, 0.3) is 0 Å². The second kappa shape index (κ2) is 4.46. The van der Waals surface area contributed by atoms with Crippen molar-refractivity contribution in [2.45, 2.75) is 36.8 Å². The van der Waals surface area contributed by atoms with E-state index in [1.807, 2.05) is 24.8 Å². The standard InChI is InChI=1S/C14H16N2S/c1-10(9-15)12-8-14(2,3)17-13-7-5-4-6-11(13)16-12/h4-7,16H,8H2,1-3H3/b12-10+. The highest BCUT2D eigenvalue weighted by Crippen LogP contribution is 2.44. The van der Waals surface area contributed by atoms with E-state index >= 15 is 0 Å². The fourth-order valence-electron chi connectivity index (χ4n) is 1.92. The number of nitrogens with zero attached hydrogens (tertiary/aromatic N) is 1. The summed E-state index contributed by atoms with van der Waals surface area (Å²) in [6.45, 7) is 6.30. The Bertz CT molecular complexity index is 509. The van der Waals surface area contributed by atoms with Gasteiger partial charge in [0.1, 0.15) is 0 Å². The number of para-hydroxylation sites is 1. The van der Waals surface area contributed by atoms with Gasteiger partial charge in [-0.15, -0.1) is 11.8 Å². The van der Waals surface area contributed by atoms with Crippen molar-refractivity contribution in [3.05, 3.63) is 35.5 Å². The lowest BCUT2D eigenvalue weighted by atomic mass is 10.0. The minimum Gasteiger partial charge on any atom is -0.357 e. The van der Waals surface area contributed by atoms with Crippen molar-refractivity contribution in [2.75, 3.05) is 5.32 Å². The van der Waals surface area contributed by atoms with Crippen molar-refractivity contribution in [3.8, 4) is 6.07 Å². The zero-order valence-corrected chi connectivity index (χ0v) is 11.2. The molecule has 0 atom stereocenters. The van der Waals surface area contributed by atoms with Gasteiger partial charge in [0.15, 0.2) is 0 Å². The molecule has 0 saturated heterocycles. The van der Waals surface area contributed by atoms with E-state index in [2.05, 4.69) is 43.4 Å². The van der Waals surface area contributed by atoms with Crippen LogP contribution < -0.4 is 5.32 Å². The lowest BCUT2D eigenvalue weighted by Crippen LogP contribution is -2.16. The van der Waals surface area contributed by atoms with Crippen LogP contribution in [0.2, 0.25) is 0 Å². The predicted octanol–water partition coefficient (Wildman–Crippen LogP) is 4.17. The molecule has 1 aliphatic heterocycles. The molecule has 0 aliphatic carbocycles. The highest BCUT2D eigenvalue weighted by molar-refractivity contribution is 8.00. The molecule has 0 saturated carbocycles. The molecule has 1 N–H and O–H groups in total. The number of benzene rings is 1. The average Bonchev–Trinajstić information content (AvgIpc) is 2.42. The van der Waals surface area contributed by atoms with Crippen LogP contribution >= 0.6 is 11.8 Å². The molecule has 1 aromatic rings.